The summed E-state index contributed by atoms with van der Waals surface area (Å²) in [6, 6.07) is 7.15. The number of fused-ring (bicyclic) bond motifs is 1. The van der Waals surface area contributed by atoms with Crippen LogP contribution in [0.3, 0.4) is 0 Å². The monoisotopic (exact) mass is 248 g/mol. The molecular formula is C14H20N2O2. The Bertz CT molecular complexity index is 432. The van der Waals surface area contributed by atoms with E-state index in [9.17, 15) is 4.79 Å². The second-order valence-electron chi connectivity index (χ2n) is 5.04. The predicted molar refractivity (Wildman–Crippen MR) is 71.7 cm³/mol. The fraction of sp³-hybridized carbons (Fsp3) is 0.500. The van der Waals surface area contributed by atoms with E-state index in [-0.39, 0.29) is 5.91 Å². The topological polar surface area (TPSA) is 55.6 Å². The molecule has 0 radical (unpaired) electrons. The van der Waals surface area contributed by atoms with Gasteiger partial charge in [-0.05, 0) is 24.5 Å². The number of anilines is 1. The normalized spacial score (nSPS) is 16.1. The highest BCUT2D eigenvalue weighted by atomic mass is 16.5. The summed E-state index contributed by atoms with van der Waals surface area (Å²) >= 11 is 0. The van der Waals surface area contributed by atoms with E-state index in [4.69, 9.17) is 10.5 Å². The largest absolute Gasteiger partial charge is 0.490 e. The second kappa shape index (κ2) is 5.40. The standard InChI is InChI=1S/C14H20N2O2/c1-10(2)9-11(15)14(17)16-7-8-18-13-6-4-3-5-12(13)16/h3-6,10-11H,7-9,15H2,1-2H3/t11-/m1/s1. The minimum absolute atomic E-state index is 0.0144. The van der Waals surface area contributed by atoms with Crippen molar-refractivity contribution in [1.82, 2.24) is 0 Å². The average molecular weight is 248 g/mol. The number of amides is 1. The van der Waals surface area contributed by atoms with Crippen molar-refractivity contribution in [2.75, 3.05) is 18.1 Å². The molecule has 1 heterocycles. The third kappa shape index (κ3) is 2.64. The molecule has 0 fully saturated rings. The molecule has 1 aromatic carbocycles. The lowest BCUT2D eigenvalue weighted by molar-refractivity contribution is -0.120. The van der Waals surface area contributed by atoms with Gasteiger partial charge in [0.15, 0.2) is 0 Å². The number of rotatable bonds is 3. The summed E-state index contributed by atoms with van der Waals surface area (Å²) in [7, 11) is 0. The van der Waals surface area contributed by atoms with E-state index in [1.807, 2.05) is 24.3 Å². The summed E-state index contributed by atoms with van der Waals surface area (Å²) in [5, 5.41) is 0. The molecule has 98 valence electrons. The number of ether oxygens (including phenoxy) is 1. The van der Waals surface area contributed by atoms with Gasteiger partial charge in [0.05, 0.1) is 18.3 Å². The summed E-state index contributed by atoms with van der Waals surface area (Å²) in [4.78, 5) is 14.1. The molecule has 0 unspecified atom stereocenters. The number of carbonyl (C=O) groups excluding carboxylic acids is 1. The molecule has 1 atom stereocenters. The average Bonchev–Trinajstić information content (AvgIpc) is 2.36. The molecule has 0 saturated heterocycles. The first-order chi connectivity index (χ1) is 8.59. The Kier molecular flexibility index (Phi) is 3.87. The summed E-state index contributed by atoms with van der Waals surface area (Å²) in [5.41, 5.74) is 6.80. The van der Waals surface area contributed by atoms with E-state index in [1.165, 1.54) is 0 Å². The molecule has 1 aliphatic rings. The first kappa shape index (κ1) is 12.9. The molecule has 1 aliphatic heterocycles. The smallest absolute Gasteiger partial charge is 0.244 e. The van der Waals surface area contributed by atoms with E-state index in [0.29, 0.717) is 25.5 Å². The highest BCUT2D eigenvalue weighted by molar-refractivity contribution is 5.98. The van der Waals surface area contributed by atoms with Crippen molar-refractivity contribution in [3.8, 4) is 5.75 Å². The van der Waals surface area contributed by atoms with Gasteiger partial charge in [-0.15, -0.1) is 0 Å². The Morgan fingerprint density at radius 2 is 2.17 bits per heavy atom. The molecule has 1 aromatic rings. The molecule has 0 bridgehead atoms. The quantitative estimate of drug-likeness (QED) is 0.887. The molecule has 0 spiro atoms. The lowest BCUT2D eigenvalue weighted by Crippen LogP contribution is -2.47. The number of nitrogens with zero attached hydrogens (tertiary/aromatic N) is 1. The van der Waals surface area contributed by atoms with Crippen LogP contribution in [0.5, 0.6) is 5.75 Å². The number of carbonyl (C=O) groups is 1. The van der Waals surface area contributed by atoms with Gasteiger partial charge in [-0.1, -0.05) is 26.0 Å². The van der Waals surface area contributed by atoms with Crippen LogP contribution in [0.2, 0.25) is 0 Å². The Balaban J connectivity index is 2.17. The first-order valence-electron chi connectivity index (χ1n) is 6.38. The van der Waals surface area contributed by atoms with Crippen molar-refractivity contribution < 1.29 is 9.53 Å². The molecular weight excluding hydrogens is 228 g/mol. The fourth-order valence-corrected chi connectivity index (χ4v) is 2.21. The zero-order valence-electron chi connectivity index (χ0n) is 10.9. The zero-order chi connectivity index (χ0) is 13.1. The van der Waals surface area contributed by atoms with Gasteiger partial charge in [-0.2, -0.15) is 0 Å². The van der Waals surface area contributed by atoms with Crippen LogP contribution in [0.4, 0.5) is 5.69 Å². The van der Waals surface area contributed by atoms with Crippen LogP contribution in [-0.2, 0) is 4.79 Å². The van der Waals surface area contributed by atoms with Gasteiger partial charge in [-0.3, -0.25) is 4.79 Å². The van der Waals surface area contributed by atoms with Crippen molar-refractivity contribution >= 4 is 11.6 Å². The molecule has 4 heteroatoms. The molecule has 0 aliphatic carbocycles. The van der Waals surface area contributed by atoms with Crippen LogP contribution in [0, 0.1) is 5.92 Å². The van der Waals surface area contributed by atoms with Crippen molar-refractivity contribution in [2.45, 2.75) is 26.3 Å². The highest BCUT2D eigenvalue weighted by Gasteiger charge is 2.27. The molecule has 0 aromatic heterocycles. The van der Waals surface area contributed by atoms with Gasteiger partial charge < -0.3 is 15.4 Å². The lowest BCUT2D eigenvalue weighted by Gasteiger charge is -2.31. The van der Waals surface area contributed by atoms with E-state index >= 15 is 0 Å². The van der Waals surface area contributed by atoms with Crippen molar-refractivity contribution in [1.29, 1.82) is 0 Å². The van der Waals surface area contributed by atoms with Crippen LogP contribution in [0.1, 0.15) is 20.3 Å². The maximum absolute atomic E-state index is 12.3. The first-order valence-corrected chi connectivity index (χ1v) is 6.38. The maximum atomic E-state index is 12.3. The van der Waals surface area contributed by atoms with Gasteiger partial charge in [0.2, 0.25) is 5.91 Å². The van der Waals surface area contributed by atoms with Crippen LogP contribution in [0.25, 0.3) is 0 Å². The maximum Gasteiger partial charge on any atom is 0.244 e. The summed E-state index contributed by atoms with van der Waals surface area (Å²) in [6.07, 6.45) is 0.707. The summed E-state index contributed by atoms with van der Waals surface area (Å²) in [5.74, 6) is 1.16. The van der Waals surface area contributed by atoms with Gasteiger partial charge in [0.1, 0.15) is 12.4 Å². The van der Waals surface area contributed by atoms with E-state index < -0.39 is 6.04 Å². The van der Waals surface area contributed by atoms with Gasteiger partial charge in [-0.25, -0.2) is 0 Å². The van der Waals surface area contributed by atoms with Gasteiger partial charge in [0.25, 0.3) is 0 Å². The Hall–Kier alpha value is -1.55. The van der Waals surface area contributed by atoms with Crippen LogP contribution in [0.15, 0.2) is 24.3 Å². The van der Waals surface area contributed by atoms with Crippen LogP contribution in [-0.4, -0.2) is 25.1 Å². The molecule has 2 N–H and O–H groups in total. The lowest BCUT2D eigenvalue weighted by atomic mass is 10.0. The number of para-hydroxylation sites is 2. The minimum Gasteiger partial charge on any atom is -0.490 e. The third-order valence-corrected chi connectivity index (χ3v) is 3.04. The van der Waals surface area contributed by atoms with Gasteiger partial charge in [0, 0.05) is 0 Å². The van der Waals surface area contributed by atoms with E-state index in [1.54, 1.807) is 4.90 Å². The summed E-state index contributed by atoms with van der Waals surface area (Å²) < 4.78 is 5.53. The molecule has 1 amide bonds. The number of nitrogens with two attached hydrogens (primary N) is 1. The molecule has 4 nitrogen and oxygen atoms in total. The van der Waals surface area contributed by atoms with Crippen LogP contribution >= 0.6 is 0 Å². The van der Waals surface area contributed by atoms with Crippen molar-refractivity contribution in [2.24, 2.45) is 11.7 Å². The SMILES string of the molecule is CC(C)C[C@@H](N)C(=O)N1CCOc2ccccc21. The summed E-state index contributed by atoms with van der Waals surface area (Å²) in [6.45, 7) is 5.24. The third-order valence-electron chi connectivity index (χ3n) is 3.04. The molecule has 18 heavy (non-hydrogen) atoms. The van der Waals surface area contributed by atoms with Gasteiger partial charge >= 0.3 is 0 Å². The molecule has 0 saturated carbocycles. The Morgan fingerprint density at radius 3 is 2.89 bits per heavy atom. The molecule has 2 rings (SSSR count). The Labute approximate surface area is 108 Å². The minimum atomic E-state index is -0.434. The second-order valence-corrected chi connectivity index (χ2v) is 5.04. The van der Waals surface area contributed by atoms with E-state index in [0.717, 1.165) is 11.4 Å². The number of benzene rings is 1. The number of hydrogen-bond acceptors (Lipinski definition) is 3. The van der Waals surface area contributed by atoms with Crippen molar-refractivity contribution in [3.05, 3.63) is 24.3 Å². The zero-order valence-corrected chi connectivity index (χ0v) is 10.9. The Morgan fingerprint density at radius 1 is 1.44 bits per heavy atom. The predicted octanol–water partition coefficient (Wildman–Crippen LogP) is 1.79. The van der Waals surface area contributed by atoms with Crippen molar-refractivity contribution in [3.63, 3.8) is 0 Å². The number of hydrogen-bond donors (Lipinski definition) is 1. The van der Waals surface area contributed by atoms with E-state index in [2.05, 4.69) is 13.8 Å². The van der Waals surface area contributed by atoms with Crippen LogP contribution < -0.4 is 15.4 Å². The fourth-order valence-electron chi connectivity index (χ4n) is 2.21. The highest BCUT2D eigenvalue weighted by Crippen LogP contribution is 2.31.